The summed E-state index contributed by atoms with van der Waals surface area (Å²) in [6.45, 7) is 5.17. The maximum atomic E-state index is 12.1. The monoisotopic (exact) mass is 512 g/mol. The maximum Gasteiger partial charge on any atom is 0.246 e. The number of halogens is 1. The summed E-state index contributed by atoms with van der Waals surface area (Å²) in [6.07, 6.45) is -0.103. The van der Waals surface area contributed by atoms with E-state index >= 15 is 0 Å². The minimum atomic E-state index is -0.177. The quantitative estimate of drug-likeness (QED) is 0.273. The molecule has 3 N–H and O–H groups in total. The van der Waals surface area contributed by atoms with Crippen LogP contribution in [-0.4, -0.2) is 44.7 Å². The molecule has 0 radical (unpaired) electrons. The minimum Gasteiger partial charge on any atom is -0.497 e. The van der Waals surface area contributed by atoms with Crippen LogP contribution in [0.15, 0.2) is 59.6 Å². The molecule has 8 heteroatoms. The van der Waals surface area contributed by atoms with Crippen LogP contribution in [0.2, 0.25) is 0 Å². The highest BCUT2D eigenvalue weighted by Crippen LogP contribution is 2.19. The number of anilines is 1. The van der Waals surface area contributed by atoms with Crippen molar-refractivity contribution in [3.63, 3.8) is 0 Å². The first-order chi connectivity index (χ1) is 13.6. The normalized spacial score (nSPS) is 11.6. The van der Waals surface area contributed by atoms with Crippen LogP contribution >= 0.6 is 24.0 Å². The standard InChI is InChI=1S/C21H28N4O3.HI/c1-4-22-21(24-15-20(26)25-17-9-6-5-7-10-17)23-14-16(2)28-19-12-8-11-18(13-19)27-3;/h5-13,16H,4,14-15H2,1-3H3,(H,25,26)(H2,22,23,24);1H. The topological polar surface area (TPSA) is 84.0 Å². The molecule has 29 heavy (non-hydrogen) atoms. The van der Waals surface area contributed by atoms with E-state index in [-0.39, 0.29) is 42.5 Å². The predicted molar refractivity (Wildman–Crippen MR) is 128 cm³/mol. The Morgan fingerprint density at radius 3 is 2.48 bits per heavy atom. The smallest absolute Gasteiger partial charge is 0.246 e. The second-order valence-corrected chi connectivity index (χ2v) is 6.10. The van der Waals surface area contributed by atoms with E-state index in [4.69, 9.17) is 9.47 Å². The van der Waals surface area contributed by atoms with Gasteiger partial charge in [-0.3, -0.25) is 4.79 Å². The number of nitrogens with zero attached hydrogens (tertiary/aromatic N) is 1. The van der Waals surface area contributed by atoms with E-state index in [0.29, 0.717) is 19.0 Å². The second kappa shape index (κ2) is 13.6. The minimum absolute atomic E-state index is 0. The van der Waals surface area contributed by atoms with Crippen LogP contribution in [0, 0.1) is 0 Å². The first-order valence-corrected chi connectivity index (χ1v) is 9.28. The number of rotatable bonds is 9. The van der Waals surface area contributed by atoms with Crippen LogP contribution in [0.3, 0.4) is 0 Å². The molecule has 0 heterocycles. The molecular weight excluding hydrogens is 483 g/mol. The van der Waals surface area contributed by atoms with Crippen molar-refractivity contribution in [2.45, 2.75) is 20.0 Å². The molecule has 0 aromatic heterocycles. The summed E-state index contributed by atoms with van der Waals surface area (Å²) in [6, 6.07) is 16.8. The Hall–Kier alpha value is -2.49. The molecule has 158 valence electrons. The van der Waals surface area contributed by atoms with Crippen LogP contribution in [0.25, 0.3) is 0 Å². The fourth-order valence-corrected chi connectivity index (χ4v) is 2.40. The van der Waals surface area contributed by atoms with E-state index in [1.807, 2.05) is 68.4 Å². The Morgan fingerprint density at radius 1 is 1.07 bits per heavy atom. The molecule has 0 bridgehead atoms. The number of para-hydroxylation sites is 1. The van der Waals surface area contributed by atoms with Gasteiger partial charge in [-0.1, -0.05) is 24.3 Å². The zero-order chi connectivity index (χ0) is 20.2. The number of guanidine groups is 1. The molecule has 2 aromatic rings. The lowest BCUT2D eigenvalue weighted by atomic mass is 10.3. The van der Waals surface area contributed by atoms with Crippen LogP contribution < -0.4 is 25.4 Å². The van der Waals surface area contributed by atoms with Gasteiger partial charge in [0.05, 0.1) is 13.7 Å². The third-order valence-electron chi connectivity index (χ3n) is 3.72. The highest BCUT2D eigenvalue weighted by atomic mass is 127. The second-order valence-electron chi connectivity index (χ2n) is 6.10. The molecule has 2 rings (SSSR count). The Labute approximate surface area is 189 Å². The first kappa shape index (κ1) is 24.5. The number of ether oxygens (including phenoxy) is 2. The number of benzene rings is 2. The molecule has 0 aliphatic carbocycles. The Kier molecular flexibility index (Phi) is 11.6. The van der Waals surface area contributed by atoms with Gasteiger partial charge in [0.15, 0.2) is 5.96 Å². The number of carbonyl (C=O) groups is 1. The lowest BCUT2D eigenvalue weighted by molar-refractivity contribution is -0.114. The summed E-state index contributed by atoms with van der Waals surface area (Å²) in [7, 11) is 1.62. The number of aliphatic imine (C=N–C) groups is 1. The number of carbonyl (C=O) groups excluding carboxylic acids is 1. The molecule has 1 unspecified atom stereocenters. The van der Waals surface area contributed by atoms with E-state index in [1.54, 1.807) is 7.11 Å². The van der Waals surface area contributed by atoms with Crippen LogP contribution in [0.1, 0.15) is 13.8 Å². The Balaban J connectivity index is 0.00000420. The highest BCUT2D eigenvalue weighted by Gasteiger charge is 2.08. The summed E-state index contributed by atoms with van der Waals surface area (Å²) in [5.74, 6) is 1.87. The van der Waals surface area contributed by atoms with Gasteiger partial charge in [0, 0.05) is 18.3 Å². The number of methoxy groups -OCH3 is 1. The molecule has 0 saturated carbocycles. The van der Waals surface area contributed by atoms with Crippen molar-refractivity contribution in [2.75, 3.05) is 32.1 Å². The third kappa shape index (κ3) is 9.51. The lowest BCUT2D eigenvalue weighted by Gasteiger charge is -2.18. The summed E-state index contributed by atoms with van der Waals surface area (Å²) in [4.78, 5) is 16.4. The molecule has 1 amide bonds. The zero-order valence-corrected chi connectivity index (χ0v) is 19.3. The summed E-state index contributed by atoms with van der Waals surface area (Å²) in [5.41, 5.74) is 0.751. The van der Waals surface area contributed by atoms with E-state index in [9.17, 15) is 4.79 Å². The van der Waals surface area contributed by atoms with Gasteiger partial charge < -0.3 is 25.4 Å². The average molecular weight is 512 g/mol. The first-order valence-electron chi connectivity index (χ1n) is 9.28. The van der Waals surface area contributed by atoms with Gasteiger partial charge >= 0.3 is 0 Å². The zero-order valence-electron chi connectivity index (χ0n) is 17.0. The molecule has 0 aliphatic rings. The van der Waals surface area contributed by atoms with E-state index in [2.05, 4.69) is 20.9 Å². The fraction of sp³-hybridized carbons (Fsp3) is 0.333. The van der Waals surface area contributed by atoms with Gasteiger partial charge in [-0.15, -0.1) is 24.0 Å². The number of hydrogen-bond donors (Lipinski definition) is 3. The van der Waals surface area contributed by atoms with Gasteiger partial charge in [-0.25, -0.2) is 4.99 Å². The van der Waals surface area contributed by atoms with Gasteiger partial charge in [0.1, 0.15) is 24.1 Å². The molecule has 1 atom stereocenters. The highest BCUT2D eigenvalue weighted by molar-refractivity contribution is 14.0. The van der Waals surface area contributed by atoms with Crippen molar-refractivity contribution in [3.8, 4) is 11.5 Å². The summed E-state index contributed by atoms with van der Waals surface area (Å²) in [5, 5.41) is 9.12. The van der Waals surface area contributed by atoms with Gasteiger partial charge in [0.2, 0.25) is 5.91 Å². The van der Waals surface area contributed by atoms with Crippen molar-refractivity contribution in [2.24, 2.45) is 4.99 Å². The van der Waals surface area contributed by atoms with Crippen LogP contribution in [0.5, 0.6) is 11.5 Å². The molecule has 0 spiro atoms. The molecule has 0 aliphatic heterocycles. The predicted octanol–water partition coefficient (Wildman–Crippen LogP) is 3.27. The molecule has 7 nitrogen and oxygen atoms in total. The third-order valence-corrected chi connectivity index (χ3v) is 3.72. The van der Waals surface area contributed by atoms with E-state index in [0.717, 1.165) is 17.2 Å². The van der Waals surface area contributed by atoms with Crippen LogP contribution in [-0.2, 0) is 4.79 Å². The lowest BCUT2D eigenvalue weighted by Crippen LogP contribution is -2.42. The maximum absolute atomic E-state index is 12.1. The van der Waals surface area contributed by atoms with E-state index < -0.39 is 0 Å². The molecule has 2 aromatic carbocycles. The number of nitrogens with one attached hydrogen (secondary N) is 3. The average Bonchev–Trinajstić information content (AvgIpc) is 2.71. The summed E-state index contributed by atoms with van der Waals surface area (Å²) < 4.78 is 11.1. The molecular formula is C21H29IN4O3. The number of hydrogen-bond acceptors (Lipinski definition) is 4. The Bertz CT molecular complexity index is 772. The Morgan fingerprint density at radius 2 is 1.79 bits per heavy atom. The van der Waals surface area contributed by atoms with Gasteiger partial charge in [0.25, 0.3) is 0 Å². The largest absolute Gasteiger partial charge is 0.497 e. The van der Waals surface area contributed by atoms with Crippen LogP contribution in [0.4, 0.5) is 5.69 Å². The van der Waals surface area contributed by atoms with Crippen molar-refractivity contribution < 1.29 is 14.3 Å². The SMILES string of the molecule is CCNC(=NCC(=O)Nc1ccccc1)NCC(C)Oc1cccc(OC)c1.I. The fourth-order valence-electron chi connectivity index (χ4n) is 2.40. The van der Waals surface area contributed by atoms with Crippen molar-refractivity contribution in [3.05, 3.63) is 54.6 Å². The molecule has 0 fully saturated rings. The van der Waals surface area contributed by atoms with Crippen molar-refractivity contribution in [1.29, 1.82) is 0 Å². The van der Waals surface area contributed by atoms with Crippen molar-refractivity contribution >= 4 is 41.5 Å². The summed E-state index contributed by atoms with van der Waals surface area (Å²) >= 11 is 0. The number of amides is 1. The van der Waals surface area contributed by atoms with Crippen molar-refractivity contribution in [1.82, 2.24) is 10.6 Å². The van der Waals surface area contributed by atoms with Gasteiger partial charge in [-0.2, -0.15) is 0 Å². The van der Waals surface area contributed by atoms with Gasteiger partial charge in [-0.05, 0) is 38.1 Å². The van der Waals surface area contributed by atoms with E-state index in [1.165, 1.54) is 0 Å². The molecule has 0 saturated heterocycles.